The molecule has 3 nitrogen and oxygen atoms in total. The summed E-state index contributed by atoms with van der Waals surface area (Å²) < 4.78 is 13.9. The maximum atomic E-state index is 6.09. The van der Waals surface area contributed by atoms with Gasteiger partial charge in [0.2, 0.25) is 0 Å². The minimum atomic E-state index is 0.471. The highest BCUT2D eigenvalue weighted by Gasteiger charge is 2.12. The maximum Gasteiger partial charge on any atom is 0.175 e. The second-order valence-electron chi connectivity index (χ2n) is 6.37. The van der Waals surface area contributed by atoms with Crippen LogP contribution < -0.4 is 9.47 Å². The van der Waals surface area contributed by atoms with Crippen molar-refractivity contribution < 1.29 is 9.47 Å². The summed E-state index contributed by atoms with van der Waals surface area (Å²) in [6, 6.07) is 17.7. The van der Waals surface area contributed by atoms with Gasteiger partial charge in [-0.15, -0.1) is 0 Å². The number of ether oxygens (including phenoxy) is 2. The average molecular weight is 585 g/mol. The van der Waals surface area contributed by atoms with E-state index in [9.17, 15) is 0 Å². The van der Waals surface area contributed by atoms with Gasteiger partial charge < -0.3 is 9.47 Å². The number of hydrogen-bond acceptors (Lipinski definition) is 3. The van der Waals surface area contributed by atoms with Crippen molar-refractivity contribution >= 4 is 62.0 Å². The van der Waals surface area contributed by atoms with Crippen LogP contribution in [0.25, 0.3) is 0 Å². The summed E-state index contributed by atoms with van der Waals surface area (Å²) in [5, 5.41) is 0.670. The zero-order chi connectivity index (χ0) is 20.8. The van der Waals surface area contributed by atoms with E-state index in [0.29, 0.717) is 24.0 Å². The smallest absolute Gasteiger partial charge is 0.175 e. The molecule has 0 spiro atoms. The Labute approximate surface area is 198 Å². The second-order valence-corrected chi connectivity index (χ2v) is 8.88. The van der Waals surface area contributed by atoms with E-state index >= 15 is 0 Å². The second kappa shape index (κ2) is 10.5. The molecular formula is C23H20BrClINO2. The molecule has 6 heteroatoms. The predicted octanol–water partition coefficient (Wildman–Crippen LogP) is 7.74. The number of halogens is 3. The Morgan fingerprint density at radius 2 is 1.83 bits per heavy atom. The quantitative estimate of drug-likeness (QED) is 0.210. The first-order valence-electron chi connectivity index (χ1n) is 9.10. The van der Waals surface area contributed by atoms with Crippen LogP contribution in [0.2, 0.25) is 5.02 Å². The summed E-state index contributed by atoms with van der Waals surface area (Å²) in [5.74, 6) is 1.45. The fraction of sp³-hybridized carbons (Fsp3) is 0.174. The monoisotopic (exact) mass is 583 g/mol. The van der Waals surface area contributed by atoms with Crippen molar-refractivity contribution in [1.29, 1.82) is 0 Å². The molecule has 0 saturated heterocycles. The number of hydrogen-bond donors (Lipinski definition) is 0. The average Bonchev–Trinajstić information content (AvgIpc) is 2.69. The molecule has 3 aromatic carbocycles. The highest BCUT2D eigenvalue weighted by molar-refractivity contribution is 14.1. The topological polar surface area (TPSA) is 30.8 Å². The molecule has 3 aromatic rings. The summed E-state index contributed by atoms with van der Waals surface area (Å²) in [6.07, 6.45) is 1.82. The van der Waals surface area contributed by atoms with Gasteiger partial charge in [-0.25, -0.2) is 0 Å². The van der Waals surface area contributed by atoms with Crippen LogP contribution >= 0.6 is 50.1 Å². The van der Waals surface area contributed by atoms with Gasteiger partial charge in [0.1, 0.15) is 6.61 Å². The zero-order valence-corrected chi connectivity index (χ0v) is 20.6. The Kier molecular flexibility index (Phi) is 7.98. The Morgan fingerprint density at radius 1 is 1.07 bits per heavy atom. The standard InChI is InChI=1S/C23H20BrClINO2/c1-3-28-22-11-17(13-27-21-12-19(25)9-4-15(21)2)10-20(26)23(22)29-14-16-5-7-18(24)8-6-16/h4-13H,3,14H2,1-2H3. The molecule has 150 valence electrons. The Hall–Kier alpha value is -1.57. The van der Waals surface area contributed by atoms with Crippen LogP contribution in [0, 0.1) is 10.5 Å². The van der Waals surface area contributed by atoms with Gasteiger partial charge in [0.05, 0.1) is 15.9 Å². The van der Waals surface area contributed by atoms with Gasteiger partial charge in [-0.05, 0) is 89.5 Å². The lowest BCUT2D eigenvalue weighted by molar-refractivity contribution is 0.267. The van der Waals surface area contributed by atoms with E-state index in [-0.39, 0.29) is 0 Å². The van der Waals surface area contributed by atoms with E-state index in [0.717, 1.165) is 36.2 Å². The Bertz CT molecular complexity index is 1020. The molecule has 0 aliphatic carbocycles. The van der Waals surface area contributed by atoms with Gasteiger partial charge in [0.15, 0.2) is 11.5 Å². The zero-order valence-electron chi connectivity index (χ0n) is 16.1. The molecule has 0 aliphatic rings. The summed E-state index contributed by atoms with van der Waals surface area (Å²) in [4.78, 5) is 4.60. The lowest BCUT2D eigenvalue weighted by atomic mass is 10.2. The van der Waals surface area contributed by atoms with Crippen LogP contribution in [-0.4, -0.2) is 12.8 Å². The molecule has 0 N–H and O–H groups in total. The normalized spacial score (nSPS) is 11.1. The third-order valence-electron chi connectivity index (χ3n) is 4.15. The summed E-state index contributed by atoms with van der Waals surface area (Å²) in [6.45, 7) is 5.00. The van der Waals surface area contributed by atoms with E-state index in [1.807, 2.05) is 74.7 Å². The molecular weight excluding hydrogens is 565 g/mol. The summed E-state index contributed by atoms with van der Waals surface area (Å²) in [7, 11) is 0. The van der Waals surface area contributed by atoms with Crippen LogP contribution in [0.1, 0.15) is 23.6 Å². The summed E-state index contributed by atoms with van der Waals surface area (Å²) >= 11 is 11.8. The first kappa shape index (κ1) is 22.1. The fourth-order valence-corrected chi connectivity index (χ4v) is 3.88. The van der Waals surface area contributed by atoms with E-state index < -0.39 is 0 Å². The van der Waals surface area contributed by atoms with Crippen LogP contribution in [0.3, 0.4) is 0 Å². The minimum absolute atomic E-state index is 0.471. The van der Waals surface area contributed by atoms with Crippen molar-refractivity contribution in [3.05, 3.63) is 84.4 Å². The first-order valence-corrected chi connectivity index (χ1v) is 11.3. The lowest BCUT2D eigenvalue weighted by Gasteiger charge is -2.15. The van der Waals surface area contributed by atoms with Crippen molar-refractivity contribution in [1.82, 2.24) is 0 Å². The largest absolute Gasteiger partial charge is 0.490 e. The van der Waals surface area contributed by atoms with Crippen molar-refractivity contribution in [2.24, 2.45) is 4.99 Å². The number of nitrogens with zero attached hydrogens (tertiary/aromatic N) is 1. The number of aryl methyl sites for hydroxylation is 1. The third-order valence-corrected chi connectivity index (χ3v) is 5.72. The lowest BCUT2D eigenvalue weighted by Crippen LogP contribution is -2.02. The molecule has 0 atom stereocenters. The van der Waals surface area contributed by atoms with Crippen molar-refractivity contribution in [2.45, 2.75) is 20.5 Å². The van der Waals surface area contributed by atoms with E-state index in [1.54, 1.807) is 0 Å². The first-order chi connectivity index (χ1) is 14.0. The molecule has 0 unspecified atom stereocenters. The van der Waals surface area contributed by atoms with Gasteiger partial charge in [0, 0.05) is 15.7 Å². The molecule has 3 rings (SSSR count). The van der Waals surface area contributed by atoms with Crippen LogP contribution in [0.4, 0.5) is 5.69 Å². The molecule has 0 radical (unpaired) electrons. The fourth-order valence-electron chi connectivity index (χ4n) is 2.67. The van der Waals surface area contributed by atoms with Gasteiger partial charge in [-0.3, -0.25) is 4.99 Å². The van der Waals surface area contributed by atoms with Crippen LogP contribution in [0.15, 0.2) is 64.1 Å². The van der Waals surface area contributed by atoms with Gasteiger partial charge in [0.25, 0.3) is 0 Å². The Balaban J connectivity index is 1.84. The SMILES string of the molecule is CCOc1cc(C=Nc2cc(Cl)ccc2C)cc(I)c1OCc1ccc(Br)cc1. The number of benzene rings is 3. The van der Waals surface area contributed by atoms with Crippen molar-refractivity contribution in [3.63, 3.8) is 0 Å². The molecule has 0 heterocycles. The van der Waals surface area contributed by atoms with Crippen LogP contribution in [0.5, 0.6) is 11.5 Å². The molecule has 0 fully saturated rings. The van der Waals surface area contributed by atoms with E-state index in [1.165, 1.54) is 0 Å². The predicted molar refractivity (Wildman–Crippen MR) is 132 cm³/mol. The number of rotatable bonds is 7. The van der Waals surface area contributed by atoms with Gasteiger partial charge in [-0.2, -0.15) is 0 Å². The van der Waals surface area contributed by atoms with Crippen molar-refractivity contribution in [3.8, 4) is 11.5 Å². The van der Waals surface area contributed by atoms with E-state index in [4.69, 9.17) is 21.1 Å². The highest BCUT2D eigenvalue weighted by Crippen LogP contribution is 2.35. The number of aliphatic imine (C=N–C) groups is 1. The molecule has 0 bridgehead atoms. The molecule has 0 aliphatic heterocycles. The Morgan fingerprint density at radius 3 is 2.55 bits per heavy atom. The van der Waals surface area contributed by atoms with Gasteiger partial charge in [-0.1, -0.05) is 45.7 Å². The molecule has 0 aromatic heterocycles. The molecule has 0 amide bonds. The van der Waals surface area contributed by atoms with Gasteiger partial charge >= 0.3 is 0 Å². The highest BCUT2D eigenvalue weighted by atomic mass is 127. The third kappa shape index (κ3) is 6.20. The summed E-state index contributed by atoms with van der Waals surface area (Å²) in [5.41, 5.74) is 3.95. The molecule has 29 heavy (non-hydrogen) atoms. The maximum absolute atomic E-state index is 6.09. The minimum Gasteiger partial charge on any atom is -0.490 e. The molecule has 0 saturated carbocycles. The van der Waals surface area contributed by atoms with Crippen molar-refractivity contribution in [2.75, 3.05) is 6.61 Å². The van der Waals surface area contributed by atoms with E-state index in [2.05, 4.69) is 43.5 Å². The van der Waals surface area contributed by atoms with Crippen LogP contribution in [-0.2, 0) is 6.61 Å².